The van der Waals surface area contributed by atoms with Crippen LogP contribution < -0.4 is 15.4 Å². The van der Waals surface area contributed by atoms with Crippen LogP contribution >= 0.6 is 39.0 Å². The molecule has 0 unspecified atom stereocenters. The highest BCUT2D eigenvalue weighted by Gasteiger charge is 2.12. The van der Waals surface area contributed by atoms with E-state index in [0.29, 0.717) is 24.5 Å². The first-order chi connectivity index (χ1) is 12.6. The molecule has 1 heterocycles. The molecule has 0 radical (unpaired) electrons. The van der Waals surface area contributed by atoms with E-state index in [4.69, 9.17) is 4.74 Å². The third-order valence-electron chi connectivity index (χ3n) is 3.28. The van der Waals surface area contributed by atoms with Gasteiger partial charge in [-0.1, -0.05) is 12.1 Å². The summed E-state index contributed by atoms with van der Waals surface area (Å²) in [6, 6.07) is 11.1. The van der Waals surface area contributed by atoms with Gasteiger partial charge in [0.1, 0.15) is 5.75 Å². The zero-order chi connectivity index (χ0) is 18.8. The maximum atomic E-state index is 12.2. The molecule has 0 atom stereocenters. The summed E-state index contributed by atoms with van der Waals surface area (Å²) in [5, 5.41) is 5.43. The molecule has 0 fully saturated rings. The van der Waals surface area contributed by atoms with Crippen molar-refractivity contribution in [1.82, 2.24) is 10.6 Å². The fourth-order valence-electron chi connectivity index (χ4n) is 2.12. The Morgan fingerprint density at radius 2 is 2.00 bits per heavy atom. The third-order valence-corrected chi connectivity index (χ3v) is 6.10. The molecular weight excluding hydrogens is 436 g/mol. The molecule has 1 aromatic heterocycles. The molecule has 0 spiro atoms. The second-order valence-electron chi connectivity index (χ2n) is 5.22. The number of rotatable bonds is 10. The number of carbonyl (C=O) groups is 2. The van der Waals surface area contributed by atoms with Gasteiger partial charge in [0.2, 0.25) is 5.91 Å². The predicted octanol–water partition coefficient (Wildman–Crippen LogP) is 3.69. The van der Waals surface area contributed by atoms with Gasteiger partial charge in [0.05, 0.1) is 22.5 Å². The smallest absolute Gasteiger partial charge is 0.255 e. The van der Waals surface area contributed by atoms with Gasteiger partial charge in [-0.2, -0.15) is 11.8 Å². The van der Waals surface area contributed by atoms with Crippen LogP contribution in [-0.2, 0) is 10.5 Å². The Morgan fingerprint density at radius 1 is 1.19 bits per heavy atom. The monoisotopic (exact) mass is 456 g/mol. The number of benzene rings is 1. The van der Waals surface area contributed by atoms with Crippen LogP contribution in [0.25, 0.3) is 0 Å². The minimum absolute atomic E-state index is 0.0537. The molecule has 0 aliphatic rings. The largest absolute Gasteiger partial charge is 0.493 e. The van der Waals surface area contributed by atoms with Crippen molar-refractivity contribution in [3.8, 4) is 5.75 Å². The molecule has 8 heteroatoms. The minimum Gasteiger partial charge on any atom is -0.493 e. The topological polar surface area (TPSA) is 67.4 Å². The lowest BCUT2D eigenvalue weighted by molar-refractivity contribution is -0.120. The van der Waals surface area contributed by atoms with Crippen molar-refractivity contribution in [2.45, 2.75) is 12.7 Å². The summed E-state index contributed by atoms with van der Waals surface area (Å²) in [5.41, 5.74) is 0.430. The van der Waals surface area contributed by atoms with E-state index >= 15 is 0 Å². The number of hydrogen-bond acceptors (Lipinski definition) is 5. The molecule has 140 valence electrons. The molecule has 2 amide bonds. The average molecular weight is 457 g/mol. The SMILES string of the molecule is CCOc1ccccc1C(=O)NCC(=O)NCCSCc1ccc(Br)s1. The van der Waals surface area contributed by atoms with Gasteiger partial charge < -0.3 is 15.4 Å². The van der Waals surface area contributed by atoms with Crippen molar-refractivity contribution in [3.05, 3.63) is 50.6 Å². The lowest BCUT2D eigenvalue weighted by atomic mass is 10.2. The molecular formula is C18H21BrN2O3S2. The van der Waals surface area contributed by atoms with Gasteiger partial charge in [0, 0.05) is 22.9 Å². The standard InChI is InChI=1S/C18H21BrN2O3S2/c1-2-24-15-6-4-3-5-14(15)18(23)21-11-17(22)20-9-10-25-12-13-7-8-16(19)26-13/h3-8H,2,9-12H2,1H3,(H,20,22)(H,21,23). The Morgan fingerprint density at radius 3 is 2.73 bits per heavy atom. The normalized spacial score (nSPS) is 10.4. The maximum Gasteiger partial charge on any atom is 0.255 e. The Bertz CT molecular complexity index is 737. The van der Waals surface area contributed by atoms with E-state index in [-0.39, 0.29) is 18.4 Å². The highest BCUT2D eigenvalue weighted by Crippen LogP contribution is 2.25. The fraction of sp³-hybridized carbons (Fsp3) is 0.333. The van der Waals surface area contributed by atoms with E-state index in [1.54, 1.807) is 47.4 Å². The molecule has 5 nitrogen and oxygen atoms in total. The molecule has 1 aromatic carbocycles. The molecule has 0 aliphatic heterocycles. The van der Waals surface area contributed by atoms with Crippen LogP contribution in [0.3, 0.4) is 0 Å². The van der Waals surface area contributed by atoms with Gasteiger partial charge in [0.25, 0.3) is 5.91 Å². The number of nitrogens with one attached hydrogen (secondary N) is 2. The fourth-order valence-corrected chi connectivity index (χ4v) is 4.57. The van der Waals surface area contributed by atoms with E-state index in [1.165, 1.54) is 4.88 Å². The Hall–Kier alpha value is -1.51. The van der Waals surface area contributed by atoms with Crippen molar-refractivity contribution in [2.24, 2.45) is 0 Å². The third kappa shape index (κ3) is 7.01. The van der Waals surface area contributed by atoms with Gasteiger partial charge in [-0.3, -0.25) is 9.59 Å². The van der Waals surface area contributed by atoms with E-state index in [2.05, 4.69) is 32.6 Å². The minimum atomic E-state index is -0.318. The summed E-state index contributed by atoms with van der Waals surface area (Å²) in [7, 11) is 0. The van der Waals surface area contributed by atoms with Crippen LogP contribution in [0.15, 0.2) is 40.2 Å². The number of amides is 2. The number of halogens is 1. The van der Waals surface area contributed by atoms with E-state index < -0.39 is 0 Å². The van der Waals surface area contributed by atoms with Gasteiger partial charge in [0.15, 0.2) is 0 Å². The van der Waals surface area contributed by atoms with Gasteiger partial charge in [-0.15, -0.1) is 11.3 Å². The van der Waals surface area contributed by atoms with Crippen LogP contribution in [0.4, 0.5) is 0 Å². The summed E-state index contributed by atoms with van der Waals surface area (Å²) < 4.78 is 6.56. The first-order valence-electron chi connectivity index (χ1n) is 8.18. The van der Waals surface area contributed by atoms with Crippen molar-refractivity contribution < 1.29 is 14.3 Å². The maximum absolute atomic E-state index is 12.2. The lowest BCUT2D eigenvalue weighted by Crippen LogP contribution is -2.37. The summed E-state index contributed by atoms with van der Waals surface area (Å²) >= 11 is 6.92. The zero-order valence-electron chi connectivity index (χ0n) is 14.4. The Kier molecular flexibility index (Phi) is 9.00. The van der Waals surface area contributed by atoms with Crippen LogP contribution in [0.2, 0.25) is 0 Å². The zero-order valence-corrected chi connectivity index (χ0v) is 17.6. The van der Waals surface area contributed by atoms with Gasteiger partial charge >= 0.3 is 0 Å². The predicted molar refractivity (Wildman–Crippen MR) is 111 cm³/mol. The first kappa shape index (κ1) is 20.8. The van der Waals surface area contributed by atoms with Gasteiger partial charge in [-0.25, -0.2) is 0 Å². The van der Waals surface area contributed by atoms with Crippen molar-refractivity contribution >= 4 is 50.8 Å². The van der Waals surface area contributed by atoms with Crippen molar-refractivity contribution in [3.63, 3.8) is 0 Å². The number of carbonyl (C=O) groups excluding carboxylic acids is 2. The first-order valence-corrected chi connectivity index (χ1v) is 10.9. The van der Waals surface area contributed by atoms with E-state index in [1.807, 2.05) is 13.0 Å². The number of ether oxygens (including phenoxy) is 1. The molecule has 0 aliphatic carbocycles. The molecule has 2 aromatic rings. The van der Waals surface area contributed by atoms with E-state index in [0.717, 1.165) is 15.3 Å². The molecule has 0 saturated heterocycles. The number of hydrogen-bond donors (Lipinski definition) is 2. The Balaban J connectivity index is 1.64. The van der Waals surface area contributed by atoms with Crippen LogP contribution in [-0.4, -0.2) is 37.3 Å². The summed E-state index contributed by atoms with van der Waals surface area (Å²) in [4.78, 5) is 25.4. The molecule has 2 N–H and O–H groups in total. The van der Waals surface area contributed by atoms with Crippen LogP contribution in [0, 0.1) is 0 Å². The van der Waals surface area contributed by atoms with Crippen molar-refractivity contribution in [2.75, 3.05) is 25.4 Å². The second-order valence-corrected chi connectivity index (χ2v) is 8.87. The molecule has 2 rings (SSSR count). The quantitative estimate of drug-likeness (QED) is 0.534. The summed E-state index contributed by atoms with van der Waals surface area (Å²) in [6.45, 7) is 2.85. The molecule has 26 heavy (non-hydrogen) atoms. The number of thiophene rings is 1. The van der Waals surface area contributed by atoms with Crippen molar-refractivity contribution in [1.29, 1.82) is 0 Å². The highest BCUT2D eigenvalue weighted by molar-refractivity contribution is 9.11. The van der Waals surface area contributed by atoms with Crippen LogP contribution in [0.5, 0.6) is 5.75 Å². The van der Waals surface area contributed by atoms with E-state index in [9.17, 15) is 9.59 Å². The molecule has 0 bridgehead atoms. The molecule has 0 saturated carbocycles. The number of thioether (sulfide) groups is 1. The van der Waals surface area contributed by atoms with Crippen LogP contribution in [0.1, 0.15) is 22.2 Å². The summed E-state index contributed by atoms with van der Waals surface area (Å²) in [5.74, 6) is 1.75. The lowest BCUT2D eigenvalue weighted by Gasteiger charge is -2.10. The average Bonchev–Trinajstić information content (AvgIpc) is 3.05. The Labute approximate surface area is 170 Å². The highest BCUT2D eigenvalue weighted by atomic mass is 79.9. The van der Waals surface area contributed by atoms with Gasteiger partial charge in [-0.05, 0) is 47.1 Å². The summed E-state index contributed by atoms with van der Waals surface area (Å²) in [6.07, 6.45) is 0. The number of para-hydroxylation sites is 1. The second kappa shape index (κ2) is 11.3.